The summed E-state index contributed by atoms with van der Waals surface area (Å²) in [6.07, 6.45) is 0. The van der Waals surface area contributed by atoms with E-state index in [-0.39, 0.29) is 17.3 Å². The van der Waals surface area contributed by atoms with Gasteiger partial charge in [-0.1, -0.05) is 23.9 Å². The van der Waals surface area contributed by atoms with E-state index in [9.17, 15) is 19.3 Å². The number of thioether (sulfide) groups is 1. The molecule has 11 heteroatoms. The molecule has 1 N–H and O–H groups in total. The zero-order valence-electron chi connectivity index (χ0n) is 15.2. The Bertz CT molecular complexity index is 1240. The average Bonchev–Trinajstić information content (AvgIpc) is 3.16. The van der Waals surface area contributed by atoms with E-state index in [0.717, 1.165) is 0 Å². The second-order valence-corrected chi connectivity index (χ2v) is 7.11. The van der Waals surface area contributed by atoms with Crippen LogP contribution in [0.25, 0.3) is 17.0 Å². The average molecular weight is 424 g/mol. The molecule has 0 radical (unpaired) electrons. The predicted octanol–water partition coefficient (Wildman–Crippen LogP) is 3.57. The van der Waals surface area contributed by atoms with Gasteiger partial charge < -0.3 is 5.32 Å². The zero-order chi connectivity index (χ0) is 21.1. The lowest BCUT2D eigenvalue weighted by molar-refractivity contribution is -0.384. The Morgan fingerprint density at radius 1 is 1.13 bits per heavy atom. The minimum atomic E-state index is -0.508. The molecule has 2 heterocycles. The number of carbonyl (C=O) groups excluding carboxylic acids is 1. The first kappa shape index (κ1) is 19.5. The topological polar surface area (TPSA) is 115 Å². The number of fused-ring (bicyclic) bond motifs is 1. The minimum absolute atomic E-state index is 0.0529. The van der Waals surface area contributed by atoms with E-state index in [0.29, 0.717) is 27.7 Å². The van der Waals surface area contributed by atoms with E-state index in [1.54, 1.807) is 24.3 Å². The molecule has 2 aromatic carbocycles. The van der Waals surface area contributed by atoms with Gasteiger partial charge in [0.15, 0.2) is 11.5 Å². The van der Waals surface area contributed by atoms with E-state index in [4.69, 9.17) is 0 Å². The SMILES string of the molecule is O=C(CSc1ccc2nnc(-c3cccc(F)c3)n2n1)Nc1ccc([N+](=O)[O-])cc1. The molecule has 9 nitrogen and oxygen atoms in total. The number of rotatable bonds is 6. The van der Waals surface area contributed by atoms with Gasteiger partial charge in [-0.2, -0.15) is 9.61 Å². The molecule has 0 aliphatic carbocycles. The van der Waals surface area contributed by atoms with E-state index in [1.807, 2.05) is 0 Å². The Morgan fingerprint density at radius 3 is 2.67 bits per heavy atom. The van der Waals surface area contributed by atoms with Gasteiger partial charge in [0.25, 0.3) is 5.69 Å². The minimum Gasteiger partial charge on any atom is -0.325 e. The van der Waals surface area contributed by atoms with Crippen molar-refractivity contribution in [2.75, 3.05) is 11.1 Å². The summed E-state index contributed by atoms with van der Waals surface area (Å²) in [7, 11) is 0. The highest BCUT2D eigenvalue weighted by molar-refractivity contribution is 7.99. The fourth-order valence-electron chi connectivity index (χ4n) is 2.66. The summed E-state index contributed by atoms with van der Waals surface area (Å²) in [5, 5.41) is 26.4. The van der Waals surface area contributed by atoms with Crippen LogP contribution in [0.2, 0.25) is 0 Å². The van der Waals surface area contributed by atoms with Gasteiger partial charge in [-0.25, -0.2) is 4.39 Å². The van der Waals surface area contributed by atoms with E-state index in [1.165, 1.54) is 52.7 Å². The van der Waals surface area contributed by atoms with Gasteiger partial charge >= 0.3 is 0 Å². The number of aromatic nitrogens is 4. The van der Waals surface area contributed by atoms with E-state index >= 15 is 0 Å². The molecular formula is C19H13FN6O3S. The van der Waals surface area contributed by atoms with Crippen LogP contribution in [0.15, 0.2) is 65.7 Å². The van der Waals surface area contributed by atoms with Crippen molar-refractivity contribution in [1.29, 1.82) is 0 Å². The Balaban J connectivity index is 1.45. The van der Waals surface area contributed by atoms with Gasteiger partial charge in [0, 0.05) is 23.4 Å². The second kappa shape index (κ2) is 8.25. The Labute approximate surface area is 173 Å². The van der Waals surface area contributed by atoms with Crippen molar-refractivity contribution in [3.8, 4) is 11.4 Å². The maximum absolute atomic E-state index is 13.5. The molecule has 0 bridgehead atoms. The molecule has 0 saturated carbocycles. The summed E-state index contributed by atoms with van der Waals surface area (Å²) < 4.78 is 15.0. The van der Waals surface area contributed by atoms with Crippen LogP contribution < -0.4 is 5.32 Å². The predicted molar refractivity (Wildman–Crippen MR) is 109 cm³/mol. The lowest BCUT2D eigenvalue weighted by Gasteiger charge is -2.05. The number of carbonyl (C=O) groups is 1. The van der Waals surface area contributed by atoms with Crippen LogP contribution in [0.4, 0.5) is 15.8 Å². The summed E-state index contributed by atoms with van der Waals surface area (Å²) in [4.78, 5) is 22.3. The standard InChI is InChI=1S/C19H13FN6O3S/c20-13-3-1-2-12(10-13)19-23-22-16-8-9-18(24-25(16)19)30-11-17(27)21-14-4-6-15(7-5-14)26(28)29/h1-10H,11H2,(H,21,27). The first-order valence-electron chi connectivity index (χ1n) is 8.65. The maximum atomic E-state index is 13.5. The molecule has 0 aliphatic heterocycles. The fraction of sp³-hybridized carbons (Fsp3) is 0.0526. The molecule has 30 heavy (non-hydrogen) atoms. The number of benzene rings is 2. The van der Waals surface area contributed by atoms with Gasteiger partial charge in [0.1, 0.15) is 10.8 Å². The van der Waals surface area contributed by atoms with Crippen LogP contribution in [0.3, 0.4) is 0 Å². The van der Waals surface area contributed by atoms with Crippen molar-refractivity contribution < 1.29 is 14.1 Å². The van der Waals surface area contributed by atoms with Gasteiger partial charge in [-0.05, 0) is 36.4 Å². The number of amides is 1. The normalized spacial score (nSPS) is 10.8. The molecule has 0 atom stereocenters. The van der Waals surface area contributed by atoms with E-state index in [2.05, 4.69) is 20.6 Å². The van der Waals surface area contributed by atoms with Crippen molar-refractivity contribution >= 4 is 34.7 Å². The summed E-state index contributed by atoms with van der Waals surface area (Å²) >= 11 is 1.20. The lowest BCUT2D eigenvalue weighted by Crippen LogP contribution is -2.14. The highest BCUT2D eigenvalue weighted by Crippen LogP contribution is 2.22. The number of hydrogen-bond acceptors (Lipinski definition) is 7. The number of nitrogens with one attached hydrogen (secondary N) is 1. The van der Waals surface area contributed by atoms with Crippen molar-refractivity contribution in [3.05, 3.63) is 76.6 Å². The largest absolute Gasteiger partial charge is 0.325 e. The number of halogens is 1. The quantitative estimate of drug-likeness (QED) is 0.286. The molecule has 0 aliphatic rings. The number of nitro benzene ring substituents is 1. The van der Waals surface area contributed by atoms with Crippen LogP contribution in [-0.2, 0) is 4.79 Å². The molecule has 0 spiro atoms. The van der Waals surface area contributed by atoms with Crippen molar-refractivity contribution in [2.45, 2.75) is 5.03 Å². The van der Waals surface area contributed by atoms with Crippen molar-refractivity contribution in [1.82, 2.24) is 19.8 Å². The molecule has 150 valence electrons. The van der Waals surface area contributed by atoms with E-state index < -0.39 is 10.7 Å². The van der Waals surface area contributed by atoms with Crippen LogP contribution >= 0.6 is 11.8 Å². The third-order valence-corrected chi connectivity index (χ3v) is 4.95. The summed E-state index contributed by atoms with van der Waals surface area (Å²) in [6, 6.07) is 15.0. The monoisotopic (exact) mass is 424 g/mol. The highest BCUT2D eigenvalue weighted by atomic mass is 32.2. The Kier molecular flexibility index (Phi) is 5.35. The molecular weight excluding hydrogens is 411 g/mol. The molecule has 0 saturated heterocycles. The van der Waals surface area contributed by atoms with Gasteiger partial charge in [-0.3, -0.25) is 14.9 Å². The number of hydrogen-bond donors (Lipinski definition) is 1. The van der Waals surface area contributed by atoms with Crippen LogP contribution in [0.1, 0.15) is 0 Å². The fourth-order valence-corrected chi connectivity index (χ4v) is 3.31. The molecule has 1 amide bonds. The molecule has 4 aromatic rings. The molecule has 4 rings (SSSR count). The summed E-state index contributed by atoms with van der Waals surface area (Å²) in [5.41, 5.74) is 1.44. The first-order valence-corrected chi connectivity index (χ1v) is 9.64. The zero-order valence-corrected chi connectivity index (χ0v) is 16.0. The number of anilines is 1. The molecule has 0 fully saturated rings. The number of non-ortho nitro benzene ring substituents is 1. The third-order valence-electron chi connectivity index (χ3n) is 4.03. The first-order chi connectivity index (χ1) is 14.5. The second-order valence-electron chi connectivity index (χ2n) is 6.12. The molecule has 0 unspecified atom stereocenters. The summed E-state index contributed by atoms with van der Waals surface area (Å²) in [6.45, 7) is 0. The van der Waals surface area contributed by atoms with Crippen LogP contribution in [-0.4, -0.2) is 36.4 Å². The Morgan fingerprint density at radius 2 is 1.93 bits per heavy atom. The Hall–Kier alpha value is -3.86. The lowest BCUT2D eigenvalue weighted by atomic mass is 10.2. The molecule has 2 aromatic heterocycles. The van der Waals surface area contributed by atoms with Gasteiger partial charge in [0.2, 0.25) is 5.91 Å². The van der Waals surface area contributed by atoms with Gasteiger partial charge in [0.05, 0.1) is 10.7 Å². The number of nitrogens with zero attached hydrogens (tertiary/aromatic N) is 5. The van der Waals surface area contributed by atoms with Crippen molar-refractivity contribution in [2.24, 2.45) is 0 Å². The highest BCUT2D eigenvalue weighted by Gasteiger charge is 2.12. The third kappa shape index (κ3) is 4.25. The van der Waals surface area contributed by atoms with Gasteiger partial charge in [-0.15, -0.1) is 10.2 Å². The maximum Gasteiger partial charge on any atom is 0.269 e. The smallest absolute Gasteiger partial charge is 0.269 e. The summed E-state index contributed by atoms with van der Waals surface area (Å²) in [5.74, 6) is -0.211. The van der Waals surface area contributed by atoms with Crippen molar-refractivity contribution in [3.63, 3.8) is 0 Å². The number of nitro groups is 1. The van der Waals surface area contributed by atoms with Crippen LogP contribution in [0, 0.1) is 15.9 Å². The van der Waals surface area contributed by atoms with Crippen LogP contribution in [0.5, 0.6) is 0 Å².